The van der Waals surface area contributed by atoms with Gasteiger partial charge in [0.15, 0.2) is 0 Å². The minimum Gasteiger partial charge on any atom is -0.497 e. The van der Waals surface area contributed by atoms with Gasteiger partial charge in [-0.25, -0.2) is 0 Å². The third kappa shape index (κ3) is 1.95. The summed E-state index contributed by atoms with van der Waals surface area (Å²) < 4.78 is 5.24. The first-order valence-electron chi connectivity index (χ1n) is 6.85. The summed E-state index contributed by atoms with van der Waals surface area (Å²) >= 11 is 0. The van der Waals surface area contributed by atoms with Crippen molar-refractivity contribution in [3.8, 4) is 5.75 Å². The molecule has 3 rings (SSSR count). The molecule has 0 atom stereocenters. The number of carbonyl (C=O) groups excluding carboxylic acids is 1. The molecule has 1 aliphatic heterocycles. The minimum absolute atomic E-state index is 0.170. The van der Waals surface area contributed by atoms with Crippen molar-refractivity contribution in [1.29, 1.82) is 0 Å². The summed E-state index contributed by atoms with van der Waals surface area (Å²) in [4.78, 5) is 14.8. The summed E-state index contributed by atoms with van der Waals surface area (Å²) in [6, 6.07) is 5.86. The summed E-state index contributed by atoms with van der Waals surface area (Å²) in [5, 5.41) is 3.10. The Balaban J connectivity index is 2.00. The Bertz CT molecular complexity index is 507. The van der Waals surface area contributed by atoms with Gasteiger partial charge in [-0.1, -0.05) is 12.8 Å². The van der Waals surface area contributed by atoms with Crippen LogP contribution in [0.1, 0.15) is 25.7 Å². The standard InChI is InChI=1S/C15H20N2O2/c1-17-10-15(7-3-4-8-15)14(18)16-12-9-11(19-2)5-6-13(12)17/h5-6,9H,3-4,7-8,10H2,1-2H3,(H,16,18). The zero-order chi connectivity index (χ0) is 13.5. The Kier molecular flexibility index (Phi) is 2.88. The van der Waals surface area contributed by atoms with Crippen LogP contribution in [0.5, 0.6) is 5.75 Å². The fourth-order valence-corrected chi connectivity index (χ4v) is 3.38. The molecule has 1 amide bonds. The minimum atomic E-state index is -0.207. The Morgan fingerprint density at radius 3 is 2.74 bits per heavy atom. The van der Waals surface area contributed by atoms with Crippen LogP contribution in [0.4, 0.5) is 11.4 Å². The molecule has 1 heterocycles. The molecule has 1 spiro atoms. The molecule has 1 aromatic rings. The van der Waals surface area contributed by atoms with Crippen LogP contribution in [-0.2, 0) is 4.79 Å². The third-order valence-electron chi connectivity index (χ3n) is 4.45. The predicted octanol–water partition coefficient (Wildman–Crippen LogP) is 2.64. The fourth-order valence-electron chi connectivity index (χ4n) is 3.38. The molecule has 2 aliphatic rings. The summed E-state index contributed by atoms with van der Waals surface area (Å²) in [7, 11) is 3.70. The predicted molar refractivity (Wildman–Crippen MR) is 75.8 cm³/mol. The number of carbonyl (C=O) groups is 1. The number of methoxy groups -OCH3 is 1. The van der Waals surface area contributed by atoms with E-state index in [0.29, 0.717) is 0 Å². The van der Waals surface area contributed by atoms with Crippen LogP contribution < -0.4 is 15.0 Å². The van der Waals surface area contributed by atoms with Crippen molar-refractivity contribution in [2.75, 3.05) is 30.9 Å². The van der Waals surface area contributed by atoms with Crippen molar-refractivity contribution in [3.63, 3.8) is 0 Å². The van der Waals surface area contributed by atoms with E-state index in [9.17, 15) is 4.79 Å². The Morgan fingerprint density at radius 1 is 1.32 bits per heavy atom. The second kappa shape index (κ2) is 4.44. The second-order valence-corrected chi connectivity index (χ2v) is 5.68. The normalized spacial score (nSPS) is 20.9. The molecule has 0 bridgehead atoms. The first-order chi connectivity index (χ1) is 9.14. The maximum Gasteiger partial charge on any atom is 0.232 e. The van der Waals surface area contributed by atoms with Gasteiger partial charge in [0.1, 0.15) is 5.75 Å². The maximum atomic E-state index is 12.6. The number of hydrogen-bond acceptors (Lipinski definition) is 3. The molecule has 19 heavy (non-hydrogen) atoms. The summed E-state index contributed by atoms with van der Waals surface area (Å²) in [5.41, 5.74) is 1.72. The van der Waals surface area contributed by atoms with Gasteiger partial charge in [-0.3, -0.25) is 4.79 Å². The van der Waals surface area contributed by atoms with Crippen molar-refractivity contribution < 1.29 is 9.53 Å². The Hall–Kier alpha value is -1.71. The van der Waals surface area contributed by atoms with Crippen LogP contribution in [0.2, 0.25) is 0 Å². The number of amides is 1. The van der Waals surface area contributed by atoms with Gasteiger partial charge >= 0.3 is 0 Å². The van der Waals surface area contributed by atoms with Crippen LogP contribution >= 0.6 is 0 Å². The number of ether oxygens (including phenoxy) is 1. The van der Waals surface area contributed by atoms with Crippen LogP contribution in [0.25, 0.3) is 0 Å². The molecule has 4 heteroatoms. The Morgan fingerprint density at radius 2 is 2.05 bits per heavy atom. The van der Waals surface area contributed by atoms with Gasteiger partial charge in [0.2, 0.25) is 5.91 Å². The number of anilines is 2. The van der Waals surface area contributed by atoms with Gasteiger partial charge in [-0.2, -0.15) is 0 Å². The SMILES string of the molecule is COc1ccc2c(c1)NC(=O)C1(CCCC1)CN2C. The van der Waals surface area contributed by atoms with Crippen LogP contribution in [0.15, 0.2) is 18.2 Å². The van der Waals surface area contributed by atoms with Crippen molar-refractivity contribution in [2.45, 2.75) is 25.7 Å². The lowest BCUT2D eigenvalue weighted by atomic mass is 9.85. The molecule has 1 aromatic carbocycles. The molecule has 0 unspecified atom stereocenters. The molecule has 0 saturated heterocycles. The van der Waals surface area contributed by atoms with E-state index in [-0.39, 0.29) is 11.3 Å². The monoisotopic (exact) mass is 260 g/mol. The molecular formula is C15H20N2O2. The van der Waals surface area contributed by atoms with E-state index in [0.717, 1.165) is 49.4 Å². The third-order valence-corrected chi connectivity index (χ3v) is 4.45. The van der Waals surface area contributed by atoms with Crippen molar-refractivity contribution in [3.05, 3.63) is 18.2 Å². The number of rotatable bonds is 1. The number of nitrogens with one attached hydrogen (secondary N) is 1. The lowest BCUT2D eigenvalue weighted by Gasteiger charge is -2.29. The highest BCUT2D eigenvalue weighted by molar-refractivity contribution is 6.00. The van der Waals surface area contributed by atoms with Gasteiger partial charge in [-0.15, -0.1) is 0 Å². The molecule has 1 fully saturated rings. The van der Waals surface area contributed by atoms with Crippen molar-refractivity contribution in [2.24, 2.45) is 5.41 Å². The lowest BCUT2D eigenvalue weighted by molar-refractivity contribution is -0.124. The molecule has 1 N–H and O–H groups in total. The second-order valence-electron chi connectivity index (χ2n) is 5.68. The van der Waals surface area contributed by atoms with E-state index < -0.39 is 0 Å². The van der Waals surface area contributed by atoms with Crippen LogP contribution in [0, 0.1) is 5.41 Å². The summed E-state index contributed by atoms with van der Waals surface area (Å²) in [5.74, 6) is 0.943. The smallest absolute Gasteiger partial charge is 0.232 e. The van der Waals surface area contributed by atoms with E-state index in [2.05, 4.69) is 17.3 Å². The topological polar surface area (TPSA) is 41.6 Å². The molecule has 0 radical (unpaired) electrons. The van der Waals surface area contributed by atoms with Crippen molar-refractivity contribution in [1.82, 2.24) is 0 Å². The summed E-state index contributed by atoms with van der Waals surface area (Å²) in [6.07, 6.45) is 4.30. The largest absolute Gasteiger partial charge is 0.497 e. The molecule has 1 saturated carbocycles. The Labute approximate surface area is 113 Å². The van der Waals surface area contributed by atoms with Gasteiger partial charge in [0.25, 0.3) is 0 Å². The number of fused-ring (bicyclic) bond motifs is 1. The number of hydrogen-bond donors (Lipinski definition) is 1. The van der Waals surface area contributed by atoms with Gasteiger partial charge in [-0.05, 0) is 25.0 Å². The van der Waals surface area contributed by atoms with E-state index in [4.69, 9.17) is 4.74 Å². The fraction of sp³-hybridized carbons (Fsp3) is 0.533. The quantitative estimate of drug-likeness (QED) is 0.844. The zero-order valence-corrected chi connectivity index (χ0v) is 11.5. The van der Waals surface area contributed by atoms with E-state index in [1.165, 1.54) is 0 Å². The average molecular weight is 260 g/mol. The number of benzene rings is 1. The highest BCUT2D eigenvalue weighted by Gasteiger charge is 2.44. The highest BCUT2D eigenvalue weighted by Crippen LogP contribution is 2.44. The zero-order valence-electron chi connectivity index (χ0n) is 11.5. The first-order valence-corrected chi connectivity index (χ1v) is 6.85. The summed E-state index contributed by atoms with van der Waals surface area (Å²) in [6.45, 7) is 0.804. The van der Waals surface area contributed by atoms with Gasteiger partial charge in [0, 0.05) is 19.7 Å². The van der Waals surface area contributed by atoms with E-state index in [1.807, 2.05) is 18.2 Å². The molecular weight excluding hydrogens is 240 g/mol. The highest BCUT2D eigenvalue weighted by atomic mass is 16.5. The molecule has 4 nitrogen and oxygen atoms in total. The van der Waals surface area contributed by atoms with Crippen molar-refractivity contribution >= 4 is 17.3 Å². The average Bonchev–Trinajstić information content (AvgIpc) is 2.84. The van der Waals surface area contributed by atoms with E-state index in [1.54, 1.807) is 7.11 Å². The van der Waals surface area contributed by atoms with Gasteiger partial charge < -0.3 is 15.0 Å². The van der Waals surface area contributed by atoms with E-state index >= 15 is 0 Å². The van der Waals surface area contributed by atoms with Gasteiger partial charge in [0.05, 0.1) is 23.9 Å². The maximum absolute atomic E-state index is 12.6. The molecule has 1 aliphatic carbocycles. The molecule has 102 valence electrons. The molecule has 0 aromatic heterocycles. The number of nitrogens with zero attached hydrogens (tertiary/aromatic N) is 1. The van der Waals surface area contributed by atoms with Crippen LogP contribution in [0.3, 0.4) is 0 Å². The lowest BCUT2D eigenvalue weighted by Crippen LogP contribution is -2.40. The van der Waals surface area contributed by atoms with Crippen LogP contribution in [-0.4, -0.2) is 26.6 Å². The first kappa shape index (κ1) is 12.3.